The maximum absolute atomic E-state index is 11.7. The Balaban J connectivity index is 2.01. The summed E-state index contributed by atoms with van der Waals surface area (Å²) in [7, 11) is 0. The summed E-state index contributed by atoms with van der Waals surface area (Å²) in [5, 5.41) is 0. The highest BCUT2D eigenvalue weighted by Gasteiger charge is 2.15. The van der Waals surface area contributed by atoms with E-state index in [0.29, 0.717) is 6.61 Å². The van der Waals surface area contributed by atoms with Gasteiger partial charge in [-0.05, 0) is 44.8 Å². The van der Waals surface area contributed by atoms with Crippen molar-refractivity contribution < 1.29 is 9.53 Å². The molecule has 0 spiro atoms. The number of ether oxygens (including phenoxy) is 1. The SMILES string of the molecule is CCOC(=O)C(C)=C1C=CC(N2CCCCCC2)=CC1. The molecule has 0 radical (unpaired) electrons. The molecule has 0 bridgehead atoms. The zero-order chi connectivity index (χ0) is 14.4. The van der Waals surface area contributed by atoms with Gasteiger partial charge in [-0.2, -0.15) is 0 Å². The Morgan fingerprint density at radius 1 is 1.20 bits per heavy atom. The summed E-state index contributed by atoms with van der Waals surface area (Å²) in [5.74, 6) is -0.196. The van der Waals surface area contributed by atoms with E-state index in [9.17, 15) is 4.79 Å². The van der Waals surface area contributed by atoms with Crippen LogP contribution in [-0.2, 0) is 9.53 Å². The van der Waals surface area contributed by atoms with Crippen LogP contribution in [0.4, 0.5) is 0 Å². The number of rotatable bonds is 3. The van der Waals surface area contributed by atoms with Crippen molar-refractivity contribution in [1.29, 1.82) is 0 Å². The molecule has 110 valence electrons. The number of carbonyl (C=O) groups is 1. The summed E-state index contributed by atoms with van der Waals surface area (Å²) < 4.78 is 5.05. The molecule has 20 heavy (non-hydrogen) atoms. The van der Waals surface area contributed by atoms with Crippen molar-refractivity contribution >= 4 is 5.97 Å². The van der Waals surface area contributed by atoms with Crippen LogP contribution in [0.15, 0.2) is 35.1 Å². The van der Waals surface area contributed by atoms with Crippen molar-refractivity contribution in [2.45, 2.75) is 46.0 Å². The maximum atomic E-state index is 11.7. The van der Waals surface area contributed by atoms with Crippen molar-refractivity contribution in [3.8, 4) is 0 Å². The average molecular weight is 275 g/mol. The number of hydrogen-bond donors (Lipinski definition) is 0. The molecule has 2 aliphatic rings. The highest BCUT2D eigenvalue weighted by atomic mass is 16.5. The van der Waals surface area contributed by atoms with Crippen LogP contribution in [0.5, 0.6) is 0 Å². The molecule has 0 N–H and O–H groups in total. The maximum Gasteiger partial charge on any atom is 0.333 e. The highest BCUT2D eigenvalue weighted by molar-refractivity contribution is 5.89. The molecule has 0 aromatic heterocycles. The first-order valence-corrected chi connectivity index (χ1v) is 7.72. The fourth-order valence-electron chi connectivity index (χ4n) is 2.75. The molecule has 1 aliphatic heterocycles. The van der Waals surface area contributed by atoms with Crippen molar-refractivity contribution in [2.75, 3.05) is 19.7 Å². The lowest BCUT2D eigenvalue weighted by Crippen LogP contribution is -2.23. The Kier molecular flexibility index (Phi) is 5.45. The van der Waals surface area contributed by atoms with Crippen LogP contribution >= 0.6 is 0 Å². The minimum absolute atomic E-state index is 0.196. The molecule has 1 fully saturated rings. The van der Waals surface area contributed by atoms with Gasteiger partial charge in [0, 0.05) is 24.4 Å². The molecule has 2 rings (SSSR count). The van der Waals surface area contributed by atoms with Crippen LogP contribution in [0.3, 0.4) is 0 Å². The normalized spacial score (nSPS) is 22.1. The summed E-state index contributed by atoms with van der Waals surface area (Å²) >= 11 is 0. The van der Waals surface area contributed by atoms with Crippen LogP contribution in [0, 0.1) is 0 Å². The third-order valence-electron chi connectivity index (χ3n) is 4.02. The Labute approximate surface area is 122 Å². The third-order valence-corrected chi connectivity index (χ3v) is 4.02. The average Bonchev–Trinajstić information content (AvgIpc) is 2.76. The number of likely N-dealkylation sites (tertiary alicyclic amines) is 1. The minimum Gasteiger partial charge on any atom is -0.463 e. The van der Waals surface area contributed by atoms with E-state index in [0.717, 1.165) is 30.7 Å². The Morgan fingerprint density at radius 3 is 2.45 bits per heavy atom. The Hall–Kier alpha value is -1.51. The smallest absolute Gasteiger partial charge is 0.333 e. The zero-order valence-corrected chi connectivity index (χ0v) is 12.7. The quantitative estimate of drug-likeness (QED) is 0.582. The predicted octanol–water partition coefficient (Wildman–Crippen LogP) is 3.59. The van der Waals surface area contributed by atoms with E-state index in [-0.39, 0.29) is 5.97 Å². The van der Waals surface area contributed by atoms with Gasteiger partial charge in [-0.15, -0.1) is 0 Å². The van der Waals surface area contributed by atoms with Gasteiger partial charge >= 0.3 is 5.97 Å². The topological polar surface area (TPSA) is 29.5 Å². The van der Waals surface area contributed by atoms with Gasteiger partial charge in [0.1, 0.15) is 0 Å². The molecule has 0 aromatic rings. The molecule has 3 nitrogen and oxygen atoms in total. The highest BCUT2D eigenvalue weighted by Crippen LogP contribution is 2.23. The first-order valence-electron chi connectivity index (χ1n) is 7.72. The lowest BCUT2D eigenvalue weighted by molar-refractivity contribution is -0.138. The van der Waals surface area contributed by atoms with E-state index < -0.39 is 0 Å². The molecule has 0 saturated carbocycles. The van der Waals surface area contributed by atoms with Gasteiger partial charge in [-0.25, -0.2) is 4.79 Å². The fraction of sp³-hybridized carbons (Fsp3) is 0.588. The lowest BCUT2D eigenvalue weighted by Gasteiger charge is -2.26. The summed E-state index contributed by atoms with van der Waals surface area (Å²) in [5.41, 5.74) is 3.11. The molecule has 1 aliphatic carbocycles. The van der Waals surface area contributed by atoms with E-state index in [2.05, 4.69) is 23.1 Å². The van der Waals surface area contributed by atoms with E-state index in [1.54, 1.807) is 0 Å². The molecule has 1 heterocycles. The summed E-state index contributed by atoms with van der Waals surface area (Å²) in [6.45, 7) is 6.44. The van der Waals surface area contributed by atoms with Crippen LogP contribution < -0.4 is 0 Å². The van der Waals surface area contributed by atoms with Crippen molar-refractivity contribution in [2.24, 2.45) is 0 Å². The molecule has 0 amide bonds. The minimum atomic E-state index is -0.196. The van der Waals surface area contributed by atoms with E-state index in [4.69, 9.17) is 4.74 Å². The zero-order valence-electron chi connectivity index (χ0n) is 12.7. The third kappa shape index (κ3) is 3.75. The van der Waals surface area contributed by atoms with E-state index in [1.165, 1.54) is 31.4 Å². The van der Waals surface area contributed by atoms with Crippen LogP contribution in [0.2, 0.25) is 0 Å². The van der Waals surface area contributed by atoms with Crippen molar-refractivity contribution in [3.05, 3.63) is 35.1 Å². The van der Waals surface area contributed by atoms with Crippen molar-refractivity contribution in [1.82, 2.24) is 4.90 Å². The number of nitrogens with zero attached hydrogens (tertiary/aromatic N) is 1. The standard InChI is InChI=1S/C17H25NO2/c1-3-20-17(19)14(2)15-8-10-16(11-9-15)18-12-6-4-5-7-13-18/h8,10-11H,3-7,9,12-13H2,1-2H3. The molecule has 0 unspecified atom stereocenters. The molecule has 3 heteroatoms. The van der Waals surface area contributed by atoms with Gasteiger partial charge in [0.2, 0.25) is 0 Å². The first kappa shape index (κ1) is 14.9. The van der Waals surface area contributed by atoms with Gasteiger partial charge in [0.15, 0.2) is 0 Å². The van der Waals surface area contributed by atoms with Crippen LogP contribution in [0.25, 0.3) is 0 Å². The monoisotopic (exact) mass is 275 g/mol. The van der Waals surface area contributed by atoms with Gasteiger partial charge < -0.3 is 9.64 Å². The second-order valence-corrected chi connectivity index (χ2v) is 5.44. The lowest BCUT2D eigenvalue weighted by atomic mass is 10.00. The Morgan fingerprint density at radius 2 is 1.90 bits per heavy atom. The van der Waals surface area contributed by atoms with Crippen LogP contribution in [-0.4, -0.2) is 30.6 Å². The molecule has 0 atom stereocenters. The predicted molar refractivity (Wildman–Crippen MR) is 81.2 cm³/mol. The van der Waals surface area contributed by atoms with Gasteiger partial charge in [0.25, 0.3) is 0 Å². The van der Waals surface area contributed by atoms with Crippen LogP contribution in [0.1, 0.15) is 46.0 Å². The molecular formula is C17H25NO2. The molecular weight excluding hydrogens is 250 g/mol. The number of carbonyl (C=O) groups excluding carboxylic acids is 1. The number of hydrogen-bond acceptors (Lipinski definition) is 3. The van der Waals surface area contributed by atoms with Crippen molar-refractivity contribution in [3.63, 3.8) is 0 Å². The molecule has 0 aromatic carbocycles. The summed E-state index contributed by atoms with van der Waals surface area (Å²) in [6.07, 6.45) is 12.6. The van der Waals surface area contributed by atoms with Gasteiger partial charge in [0.05, 0.1) is 6.61 Å². The molecule has 1 saturated heterocycles. The fourth-order valence-corrected chi connectivity index (χ4v) is 2.75. The second kappa shape index (κ2) is 7.32. The largest absolute Gasteiger partial charge is 0.463 e. The van der Waals surface area contributed by atoms with Gasteiger partial charge in [-0.1, -0.05) is 25.0 Å². The second-order valence-electron chi connectivity index (χ2n) is 5.44. The summed E-state index contributed by atoms with van der Waals surface area (Å²) in [6, 6.07) is 0. The summed E-state index contributed by atoms with van der Waals surface area (Å²) in [4.78, 5) is 14.2. The first-order chi connectivity index (χ1) is 9.72. The number of esters is 1. The van der Waals surface area contributed by atoms with E-state index >= 15 is 0 Å². The Bertz CT molecular complexity index is 438. The van der Waals surface area contributed by atoms with E-state index in [1.807, 2.05) is 13.8 Å². The van der Waals surface area contributed by atoms with Gasteiger partial charge in [-0.3, -0.25) is 0 Å². The number of allylic oxidation sites excluding steroid dienone is 4.